The number of aromatic nitrogens is 1. The van der Waals surface area contributed by atoms with Crippen LogP contribution in [0.1, 0.15) is 36.0 Å². The Labute approximate surface area is 238 Å². The van der Waals surface area contributed by atoms with Gasteiger partial charge in [-0.2, -0.15) is 0 Å². The van der Waals surface area contributed by atoms with E-state index < -0.39 is 17.2 Å². The number of hydrogen-bond donors (Lipinski definition) is 2. The predicted octanol–water partition coefficient (Wildman–Crippen LogP) is 4.97. The molecule has 0 bridgehead atoms. The maximum atomic E-state index is 15.7. The molecule has 8 nitrogen and oxygen atoms in total. The SMILES string of the molecule is CN(C)CCCCNc1c(F)cc2c(=O)c(C(=O)NCCN3CCCC3)cn3c2c1Oc1c-3ccc2ccccc12. The Morgan fingerprint density at radius 2 is 1.83 bits per heavy atom. The molecule has 9 heteroatoms. The lowest BCUT2D eigenvalue weighted by molar-refractivity contribution is 0.0948. The third-order valence-electron chi connectivity index (χ3n) is 8.01. The van der Waals surface area contributed by atoms with Crippen LogP contribution in [0.3, 0.4) is 0 Å². The highest BCUT2D eigenvalue weighted by molar-refractivity contribution is 6.03. The lowest BCUT2D eigenvalue weighted by Gasteiger charge is -2.27. The molecule has 2 N–H and O–H groups in total. The number of likely N-dealkylation sites (tertiary alicyclic amines) is 1. The van der Waals surface area contributed by atoms with Gasteiger partial charge in [-0.3, -0.25) is 9.59 Å². The summed E-state index contributed by atoms with van der Waals surface area (Å²) in [6.07, 6.45) is 5.71. The zero-order valence-electron chi connectivity index (χ0n) is 23.6. The fraction of sp³-hybridized carbons (Fsp3) is 0.375. The molecule has 1 saturated heterocycles. The van der Waals surface area contributed by atoms with Crippen molar-refractivity contribution in [1.29, 1.82) is 0 Å². The molecule has 1 amide bonds. The van der Waals surface area contributed by atoms with Gasteiger partial charge in [0.25, 0.3) is 5.91 Å². The number of carbonyl (C=O) groups is 1. The summed E-state index contributed by atoms with van der Waals surface area (Å²) in [6.45, 7) is 4.72. The minimum atomic E-state index is -0.584. The number of nitrogens with one attached hydrogen (secondary N) is 2. The molecule has 41 heavy (non-hydrogen) atoms. The third kappa shape index (κ3) is 5.27. The first-order chi connectivity index (χ1) is 19.9. The summed E-state index contributed by atoms with van der Waals surface area (Å²) in [5.74, 6) is -0.227. The van der Waals surface area contributed by atoms with Gasteiger partial charge in [0.05, 0.1) is 11.1 Å². The Balaban J connectivity index is 1.43. The topological polar surface area (TPSA) is 78.8 Å². The highest BCUT2D eigenvalue weighted by atomic mass is 19.1. The number of carbonyl (C=O) groups excluding carboxylic acids is 1. The first-order valence-corrected chi connectivity index (χ1v) is 14.4. The molecule has 4 aromatic rings. The third-order valence-corrected chi connectivity index (χ3v) is 8.01. The van der Waals surface area contributed by atoms with Crippen LogP contribution in [0.15, 0.2) is 53.5 Å². The van der Waals surface area contributed by atoms with Crippen molar-refractivity contribution in [3.63, 3.8) is 0 Å². The van der Waals surface area contributed by atoms with Crippen LogP contribution in [0.25, 0.3) is 27.4 Å². The lowest BCUT2D eigenvalue weighted by Crippen LogP contribution is -2.36. The zero-order chi connectivity index (χ0) is 28.5. The van der Waals surface area contributed by atoms with Crippen LogP contribution in [0, 0.1) is 5.82 Å². The van der Waals surface area contributed by atoms with E-state index in [0.29, 0.717) is 30.0 Å². The summed E-state index contributed by atoms with van der Waals surface area (Å²) < 4.78 is 24.0. The number of rotatable bonds is 10. The van der Waals surface area contributed by atoms with E-state index in [1.807, 2.05) is 55.1 Å². The van der Waals surface area contributed by atoms with Crippen LogP contribution in [-0.4, -0.2) is 73.6 Å². The lowest BCUT2D eigenvalue weighted by atomic mass is 10.0. The van der Waals surface area contributed by atoms with E-state index in [9.17, 15) is 9.59 Å². The Morgan fingerprint density at radius 1 is 1.02 bits per heavy atom. The number of halogens is 1. The summed E-state index contributed by atoms with van der Waals surface area (Å²) in [7, 11) is 4.05. The number of anilines is 1. The number of hydrogen-bond acceptors (Lipinski definition) is 6. The normalized spacial score (nSPS) is 14.4. The first kappa shape index (κ1) is 27.2. The fourth-order valence-corrected chi connectivity index (χ4v) is 5.87. The van der Waals surface area contributed by atoms with Gasteiger partial charge in [0, 0.05) is 31.2 Å². The van der Waals surface area contributed by atoms with Crippen molar-refractivity contribution in [2.24, 2.45) is 0 Å². The molecule has 2 aliphatic heterocycles. The van der Waals surface area contributed by atoms with Crippen LogP contribution in [-0.2, 0) is 0 Å². The molecule has 1 aromatic heterocycles. The van der Waals surface area contributed by atoms with Crippen LogP contribution < -0.4 is 20.8 Å². The van der Waals surface area contributed by atoms with E-state index in [-0.39, 0.29) is 22.4 Å². The van der Waals surface area contributed by atoms with E-state index in [1.165, 1.54) is 18.9 Å². The molecule has 3 aromatic carbocycles. The van der Waals surface area contributed by atoms with Gasteiger partial charge in [-0.1, -0.05) is 30.3 Å². The maximum Gasteiger partial charge on any atom is 0.256 e. The standard InChI is InChI=1S/C32H36FN5O3/c1-36(2)15-6-5-13-34-27-25(33)19-23-28-31(27)41-30-22-10-4-3-9-21(22)11-12-26(30)38(28)20-24(29(23)39)32(40)35-14-18-37-16-7-8-17-37/h3-4,9-12,19-20,34H,5-8,13-18H2,1-2H3,(H,35,40). The number of fused-ring (bicyclic) bond motifs is 4. The van der Waals surface area contributed by atoms with E-state index in [4.69, 9.17) is 4.74 Å². The predicted molar refractivity (Wildman–Crippen MR) is 161 cm³/mol. The maximum absolute atomic E-state index is 15.7. The summed E-state index contributed by atoms with van der Waals surface area (Å²) in [5, 5.41) is 8.09. The molecule has 2 aliphatic rings. The van der Waals surface area contributed by atoms with Crippen molar-refractivity contribution >= 4 is 33.3 Å². The van der Waals surface area contributed by atoms with E-state index in [0.717, 1.165) is 49.8 Å². The molecule has 3 heterocycles. The summed E-state index contributed by atoms with van der Waals surface area (Å²) in [4.78, 5) is 31.4. The van der Waals surface area contributed by atoms with Gasteiger partial charge < -0.3 is 29.7 Å². The average Bonchev–Trinajstić information content (AvgIpc) is 3.48. The first-order valence-electron chi connectivity index (χ1n) is 14.4. The van der Waals surface area contributed by atoms with E-state index >= 15 is 4.39 Å². The summed E-state index contributed by atoms with van der Waals surface area (Å²) in [6, 6.07) is 13.0. The number of ether oxygens (including phenoxy) is 1. The molecule has 0 saturated carbocycles. The summed E-state index contributed by atoms with van der Waals surface area (Å²) >= 11 is 0. The van der Waals surface area contributed by atoms with Gasteiger partial charge >= 0.3 is 0 Å². The van der Waals surface area contributed by atoms with Crippen molar-refractivity contribution in [3.8, 4) is 17.2 Å². The second-order valence-electron chi connectivity index (χ2n) is 11.2. The van der Waals surface area contributed by atoms with Crippen molar-refractivity contribution in [2.75, 3.05) is 58.7 Å². The van der Waals surface area contributed by atoms with Gasteiger partial charge in [-0.15, -0.1) is 0 Å². The fourth-order valence-electron chi connectivity index (χ4n) is 5.87. The Bertz CT molecular complexity index is 1680. The van der Waals surface area contributed by atoms with Crippen molar-refractivity contribution in [3.05, 3.63) is 70.3 Å². The number of nitrogens with zero attached hydrogens (tertiary/aromatic N) is 3. The monoisotopic (exact) mass is 557 g/mol. The van der Waals surface area contributed by atoms with Crippen molar-refractivity contribution in [1.82, 2.24) is 19.7 Å². The van der Waals surface area contributed by atoms with Gasteiger partial charge in [0.1, 0.15) is 16.8 Å². The minimum Gasteiger partial charge on any atom is -0.450 e. The van der Waals surface area contributed by atoms with Gasteiger partial charge in [0.15, 0.2) is 17.3 Å². The average molecular weight is 558 g/mol. The molecule has 0 radical (unpaired) electrons. The molecule has 6 rings (SSSR count). The molecule has 0 unspecified atom stereocenters. The molecule has 0 spiro atoms. The largest absolute Gasteiger partial charge is 0.450 e. The second kappa shape index (κ2) is 11.5. The number of pyridine rings is 1. The second-order valence-corrected chi connectivity index (χ2v) is 11.2. The number of amides is 1. The molecule has 0 atom stereocenters. The molecule has 0 aliphatic carbocycles. The van der Waals surface area contributed by atoms with Crippen LogP contribution in [0.5, 0.6) is 11.5 Å². The Morgan fingerprint density at radius 3 is 2.63 bits per heavy atom. The number of unbranched alkanes of at least 4 members (excludes halogenated alkanes) is 1. The van der Waals surface area contributed by atoms with E-state index in [1.54, 1.807) is 6.20 Å². The summed E-state index contributed by atoms with van der Waals surface area (Å²) in [5.41, 5.74) is 0.825. The van der Waals surface area contributed by atoms with E-state index in [2.05, 4.69) is 20.4 Å². The minimum absolute atomic E-state index is 0.0188. The van der Waals surface area contributed by atoms with Gasteiger partial charge in [0.2, 0.25) is 5.43 Å². The van der Waals surface area contributed by atoms with Crippen LogP contribution >= 0.6 is 0 Å². The van der Waals surface area contributed by atoms with Gasteiger partial charge in [-0.05, 0) is 76.9 Å². The Hall–Kier alpha value is -3.95. The van der Waals surface area contributed by atoms with Crippen LogP contribution in [0.2, 0.25) is 0 Å². The Kier molecular flexibility index (Phi) is 7.64. The number of benzene rings is 3. The van der Waals surface area contributed by atoms with Crippen molar-refractivity contribution < 1.29 is 13.9 Å². The highest BCUT2D eigenvalue weighted by Crippen LogP contribution is 2.47. The zero-order valence-corrected chi connectivity index (χ0v) is 23.6. The quantitative estimate of drug-likeness (QED) is 0.236. The van der Waals surface area contributed by atoms with Crippen LogP contribution in [0.4, 0.5) is 10.1 Å². The van der Waals surface area contributed by atoms with Crippen molar-refractivity contribution in [2.45, 2.75) is 25.7 Å². The molecular weight excluding hydrogens is 521 g/mol. The highest BCUT2D eigenvalue weighted by Gasteiger charge is 2.29. The van der Waals surface area contributed by atoms with Gasteiger partial charge in [-0.25, -0.2) is 4.39 Å². The smallest absolute Gasteiger partial charge is 0.256 e. The molecule has 214 valence electrons. The molecular formula is C32H36FN5O3. The molecule has 1 fully saturated rings.